The van der Waals surface area contributed by atoms with Crippen molar-refractivity contribution in [3.8, 4) is 0 Å². The zero-order valence-corrected chi connectivity index (χ0v) is 30.9. The summed E-state index contributed by atoms with van der Waals surface area (Å²) in [6.45, 7) is 12.6. The molecule has 0 heterocycles. The van der Waals surface area contributed by atoms with E-state index in [1.807, 2.05) is 27.7 Å². The van der Waals surface area contributed by atoms with Gasteiger partial charge in [0.15, 0.2) is 5.96 Å². The standard InChI is InChI=1S/C32H60N10O9/c1-15(2)12-20(33)27(46)40-22(13-16(3)4)29(48)39-21(10-9-11-36-32(34)35)28(47)41-23(14-43)30(49)38-18(7)25(44)37-19(8)26(45)42-24(17(5)6)31(50)51/h15-24,43H,9-14,33H2,1-8H3,(H,37,44)(H,38,49)(H,39,48)(H,40,46)(H,41,47)(H,42,45)(H,50,51)(H4,34,35,36)/t18-,19-,20-,21-,22-,23-,24-/m0/s1. The fraction of sp³-hybridized carbons (Fsp3) is 0.750. The summed E-state index contributed by atoms with van der Waals surface area (Å²) in [5.74, 6) is -6.31. The first-order valence-electron chi connectivity index (χ1n) is 17.1. The van der Waals surface area contributed by atoms with Crippen LogP contribution in [0.4, 0.5) is 0 Å². The number of nitrogens with zero attached hydrogens (tertiary/aromatic N) is 1. The number of carboxylic acids is 1. The molecule has 0 aromatic rings. The van der Waals surface area contributed by atoms with Gasteiger partial charge >= 0.3 is 5.97 Å². The van der Waals surface area contributed by atoms with Gasteiger partial charge < -0.3 is 59.3 Å². The number of aliphatic imine (C=N–C) groups is 1. The quantitative estimate of drug-likeness (QED) is 0.0288. The molecule has 0 radical (unpaired) electrons. The number of hydrogen-bond acceptors (Lipinski definition) is 10. The van der Waals surface area contributed by atoms with Crippen molar-refractivity contribution in [1.29, 1.82) is 0 Å². The highest BCUT2D eigenvalue weighted by Gasteiger charge is 2.32. The molecule has 0 saturated heterocycles. The molecular weight excluding hydrogens is 668 g/mol. The van der Waals surface area contributed by atoms with Gasteiger partial charge in [-0.05, 0) is 57.3 Å². The van der Waals surface area contributed by atoms with Crippen LogP contribution in [0.5, 0.6) is 0 Å². The Hall–Kier alpha value is -4.52. The number of guanidine groups is 1. The van der Waals surface area contributed by atoms with Crippen LogP contribution in [0.3, 0.4) is 0 Å². The van der Waals surface area contributed by atoms with E-state index < -0.39 is 96.2 Å². The number of carbonyl (C=O) groups excluding carboxylic acids is 6. The summed E-state index contributed by atoms with van der Waals surface area (Å²) in [7, 11) is 0. The second-order valence-electron chi connectivity index (χ2n) is 13.7. The Labute approximate surface area is 299 Å². The number of nitrogens with two attached hydrogens (primary N) is 3. The molecule has 0 spiro atoms. The average Bonchev–Trinajstić information content (AvgIpc) is 3.01. The van der Waals surface area contributed by atoms with E-state index in [0.29, 0.717) is 6.42 Å². The van der Waals surface area contributed by atoms with Crippen molar-refractivity contribution in [3.05, 3.63) is 0 Å². The molecule has 0 aliphatic rings. The van der Waals surface area contributed by atoms with Gasteiger partial charge in [0.05, 0.1) is 12.6 Å². The van der Waals surface area contributed by atoms with Crippen molar-refractivity contribution in [2.75, 3.05) is 13.2 Å². The average molecular weight is 729 g/mol. The van der Waals surface area contributed by atoms with Gasteiger partial charge in [-0.2, -0.15) is 0 Å². The van der Waals surface area contributed by atoms with E-state index in [2.05, 4.69) is 36.9 Å². The molecule has 6 amide bonds. The van der Waals surface area contributed by atoms with Gasteiger partial charge in [0, 0.05) is 6.54 Å². The Kier molecular flexibility index (Phi) is 21.0. The van der Waals surface area contributed by atoms with Crippen LogP contribution >= 0.6 is 0 Å². The van der Waals surface area contributed by atoms with Crippen LogP contribution in [0.1, 0.15) is 81.1 Å². The van der Waals surface area contributed by atoms with Crippen molar-refractivity contribution >= 4 is 47.4 Å². The summed E-state index contributed by atoms with van der Waals surface area (Å²) in [6, 6.07) is -8.31. The minimum Gasteiger partial charge on any atom is -0.480 e. The van der Waals surface area contributed by atoms with E-state index in [-0.39, 0.29) is 43.6 Å². The number of carboxylic acid groups (broad SMARTS) is 1. The highest BCUT2D eigenvalue weighted by atomic mass is 16.4. The van der Waals surface area contributed by atoms with E-state index in [1.165, 1.54) is 13.8 Å². The van der Waals surface area contributed by atoms with Gasteiger partial charge in [-0.1, -0.05) is 41.5 Å². The molecule has 7 atom stereocenters. The molecule has 0 aliphatic heterocycles. The zero-order valence-electron chi connectivity index (χ0n) is 30.9. The maximum atomic E-state index is 13.4. The third kappa shape index (κ3) is 18.3. The van der Waals surface area contributed by atoms with Crippen molar-refractivity contribution in [1.82, 2.24) is 31.9 Å². The Bertz CT molecular complexity index is 1220. The summed E-state index contributed by atoms with van der Waals surface area (Å²) in [6.07, 6.45) is 0.845. The normalized spacial score (nSPS) is 15.3. The Balaban J connectivity index is 5.76. The lowest BCUT2D eigenvalue weighted by Crippen LogP contribution is -2.60. The molecule has 51 heavy (non-hydrogen) atoms. The number of rotatable bonds is 23. The fourth-order valence-electron chi connectivity index (χ4n) is 4.68. The molecule has 0 aromatic heterocycles. The molecule has 14 N–H and O–H groups in total. The molecule has 0 saturated carbocycles. The predicted octanol–water partition coefficient (Wildman–Crippen LogP) is -2.86. The van der Waals surface area contributed by atoms with Gasteiger partial charge in [0.1, 0.15) is 36.3 Å². The molecule has 0 aliphatic carbocycles. The largest absolute Gasteiger partial charge is 0.480 e. The van der Waals surface area contributed by atoms with Gasteiger partial charge in [0.2, 0.25) is 35.4 Å². The van der Waals surface area contributed by atoms with Crippen LogP contribution in [0.2, 0.25) is 0 Å². The van der Waals surface area contributed by atoms with Crippen molar-refractivity contribution in [2.24, 2.45) is 39.9 Å². The van der Waals surface area contributed by atoms with Crippen LogP contribution in [-0.2, 0) is 33.6 Å². The van der Waals surface area contributed by atoms with E-state index in [4.69, 9.17) is 17.2 Å². The molecular formula is C32H60N10O9. The topological polar surface area (TPSA) is 323 Å². The molecule has 0 rings (SSSR count). The van der Waals surface area contributed by atoms with Crippen LogP contribution < -0.4 is 49.1 Å². The van der Waals surface area contributed by atoms with E-state index in [1.54, 1.807) is 13.8 Å². The van der Waals surface area contributed by atoms with Crippen LogP contribution in [0, 0.1) is 17.8 Å². The first-order valence-corrected chi connectivity index (χ1v) is 17.1. The Morgan fingerprint density at radius 2 is 1.06 bits per heavy atom. The molecule has 292 valence electrons. The molecule has 0 unspecified atom stereocenters. The summed E-state index contributed by atoms with van der Waals surface area (Å²) in [5.41, 5.74) is 16.8. The highest BCUT2D eigenvalue weighted by Crippen LogP contribution is 2.09. The number of hydrogen-bond donors (Lipinski definition) is 11. The maximum absolute atomic E-state index is 13.4. The summed E-state index contributed by atoms with van der Waals surface area (Å²) >= 11 is 0. The smallest absolute Gasteiger partial charge is 0.326 e. The summed E-state index contributed by atoms with van der Waals surface area (Å²) < 4.78 is 0. The van der Waals surface area contributed by atoms with Gasteiger partial charge in [-0.3, -0.25) is 33.8 Å². The van der Waals surface area contributed by atoms with Crippen molar-refractivity contribution in [2.45, 2.75) is 123 Å². The molecule has 19 heteroatoms. The minimum absolute atomic E-state index is 0.00162. The number of amides is 6. The van der Waals surface area contributed by atoms with Gasteiger partial charge in [-0.25, -0.2) is 4.79 Å². The molecule has 0 bridgehead atoms. The van der Waals surface area contributed by atoms with E-state index in [9.17, 15) is 43.8 Å². The molecule has 19 nitrogen and oxygen atoms in total. The Morgan fingerprint density at radius 1 is 0.608 bits per heavy atom. The molecule has 0 aromatic carbocycles. The summed E-state index contributed by atoms with van der Waals surface area (Å²) in [5, 5.41) is 34.0. The van der Waals surface area contributed by atoms with Crippen LogP contribution in [0.15, 0.2) is 4.99 Å². The van der Waals surface area contributed by atoms with E-state index in [0.717, 1.165) is 0 Å². The number of aliphatic hydroxyl groups excluding tert-OH is 1. The monoisotopic (exact) mass is 728 g/mol. The maximum Gasteiger partial charge on any atom is 0.326 e. The van der Waals surface area contributed by atoms with Crippen LogP contribution in [-0.4, -0.2) is 113 Å². The number of aliphatic carboxylic acids is 1. The summed E-state index contributed by atoms with van der Waals surface area (Å²) in [4.78, 5) is 93.1. The second-order valence-corrected chi connectivity index (χ2v) is 13.7. The zero-order chi connectivity index (χ0) is 39.6. The number of aliphatic hydroxyl groups is 1. The lowest BCUT2D eigenvalue weighted by molar-refractivity contribution is -0.143. The Morgan fingerprint density at radius 3 is 1.53 bits per heavy atom. The minimum atomic E-state index is -1.56. The molecule has 0 fully saturated rings. The first kappa shape index (κ1) is 46.5. The predicted molar refractivity (Wildman–Crippen MR) is 189 cm³/mol. The van der Waals surface area contributed by atoms with Crippen molar-refractivity contribution in [3.63, 3.8) is 0 Å². The van der Waals surface area contributed by atoms with Gasteiger partial charge in [-0.15, -0.1) is 0 Å². The van der Waals surface area contributed by atoms with Crippen LogP contribution in [0.25, 0.3) is 0 Å². The first-order chi connectivity index (χ1) is 23.6. The third-order valence-corrected chi connectivity index (χ3v) is 7.53. The highest BCUT2D eigenvalue weighted by molar-refractivity contribution is 5.96. The fourth-order valence-corrected chi connectivity index (χ4v) is 4.68. The third-order valence-electron chi connectivity index (χ3n) is 7.53. The van der Waals surface area contributed by atoms with E-state index >= 15 is 0 Å². The SMILES string of the molecule is CC(C)C[C@H](NC(=O)[C@@H](N)CC(C)C)C(=O)N[C@@H](CCCN=C(N)N)C(=O)N[C@@H](CO)C(=O)N[C@@H](C)C(=O)N[C@@H](C)C(=O)N[C@H](C(=O)O)C(C)C. The number of carbonyl (C=O) groups is 7. The van der Waals surface area contributed by atoms with Gasteiger partial charge in [0.25, 0.3) is 0 Å². The number of nitrogens with one attached hydrogen (secondary N) is 6. The second kappa shape index (κ2) is 23.0. The lowest BCUT2D eigenvalue weighted by atomic mass is 10.00. The van der Waals surface area contributed by atoms with Crippen molar-refractivity contribution < 1.29 is 43.8 Å². The lowest BCUT2D eigenvalue weighted by Gasteiger charge is -2.27.